The van der Waals surface area contributed by atoms with Crippen molar-refractivity contribution in [3.63, 3.8) is 0 Å². The molecule has 0 saturated carbocycles. The average Bonchev–Trinajstić information content (AvgIpc) is 2.73. The molecule has 2 aliphatic rings. The van der Waals surface area contributed by atoms with Crippen LogP contribution in [0.25, 0.3) is 0 Å². The van der Waals surface area contributed by atoms with E-state index in [0.717, 1.165) is 12.8 Å². The lowest BCUT2D eigenvalue weighted by Gasteiger charge is -2.28. The molecule has 2 unspecified atom stereocenters. The van der Waals surface area contributed by atoms with Crippen LogP contribution >= 0.6 is 0 Å². The van der Waals surface area contributed by atoms with Crippen molar-refractivity contribution in [3.8, 4) is 0 Å². The van der Waals surface area contributed by atoms with E-state index in [2.05, 4.69) is 10.6 Å². The normalized spacial score (nSPS) is 31.9. The van der Waals surface area contributed by atoms with Crippen LogP contribution in [0.5, 0.6) is 0 Å². The molecule has 0 aromatic carbocycles. The van der Waals surface area contributed by atoms with Gasteiger partial charge in [-0.3, -0.25) is 4.79 Å². The number of nitrogens with one attached hydrogen (secondary N) is 2. The second kappa shape index (κ2) is 5.75. The Hall–Kier alpha value is -1.34. The first-order valence-electron chi connectivity index (χ1n) is 6.48. The van der Waals surface area contributed by atoms with Crippen molar-refractivity contribution < 1.29 is 24.2 Å². The van der Waals surface area contributed by atoms with Gasteiger partial charge in [0.25, 0.3) is 0 Å². The third-order valence-corrected chi connectivity index (χ3v) is 3.81. The minimum atomic E-state index is -1.06. The van der Waals surface area contributed by atoms with E-state index in [1.54, 1.807) is 6.92 Å². The zero-order valence-corrected chi connectivity index (χ0v) is 11.0. The van der Waals surface area contributed by atoms with Gasteiger partial charge in [-0.25, -0.2) is 4.79 Å². The van der Waals surface area contributed by atoms with Crippen LogP contribution in [0.2, 0.25) is 0 Å². The Morgan fingerprint density at radius 2 is 1.89 bits per heavy atom. The third-order valence-electron chi connectivity index (χ3n) is 3.81. The molecule has 0 spiro atoms. The zero-order valence-electron chi connectivity index (χ0n) is 11.0. The van der Waals surface area contributed by atoms with Gasteiger partial charge in [0, 0.05) is 19.3 Å². The minimum absolute atomic E-state index is 0.0900. The molecule has 7 nitrogen and oxygen atoms in total. The molecule has 7 heteroatoms. The van der Waals surface area contributed by atoms with Crippen LogP contribution in [0.1, 0.15) is 19.8 Å². The number of carbonyl (C=O) groups is 2. The number of aliphatic carboxylic acids is 1. The SMILES string of the molecule is CC1(C(=O)O)COCC1NC(=O)NC1CCOCC1. The lowest BCUT2D eigenvalue weighted by Crippen LogP contribution is -2.54. The van der Waals surface area contributed by atoms with E-state index in [-0.39, 0.29) is 25.3 Å². The van der Waals surface area contributed by atoms with Gasteiger partial charge in [-0.1, -0.05) is 0 Å². The van der Waals surface area contributed by atoms with E-state index < -0.39 is 17.4 Å². The van der Waals surface area contributed by atoms with Crippen LogP contribution in [-0.4, -0.2) is 55.6 Å². The first-order valence-corrected chi connectivity index (χ1v) is 6.48. The Kier molecular flexibility index (Phi) is 4.26. The Bertz CT molecular complexity index is 356. The molecule has 2 atom stereocenters. The Morgan fingerprint density at radius 3 is 2.53 bits per heavy atom. The van der Waals surface area contributed by atoms with E-state index in [0.29, 0.717) is 13.2 Å². The number of hydrogen-bond acceptors (Lipinski definition) is 4. The van der Waals surface area contributed by atoms with Gasteiger partial charge in [0.2, 0.25) is 0 Å². The van der Waals surface area contributed by atoms with Crippen molar-refractivity contribution in [1.29, 1.82) is 0 Å². The second-order valence-electron chi connectivity index (χ2n) is 5.29. The van der Waals surface area contributed by atoms with Gasteiger partial charge in [-0.2, -0.15) is 0 Å². The smallest absolute Gasteiger partial charge is 0.315 e. The molecule has 2 amide bonds. The van der Waals surface area contributed by atoms with Crippen LogP contribution in [0.15, 0.2) is 0 Å². The maximum absolute atomic E-state index is 11.9. The summed E-state index contributed by atoms with van der Waals surface area (Å²) in [7, 11) is 0. The number of urea groups is 1. The van der Waals surface area contributed by atoms with Crippen LogP contribution in [0.4, 0.5) is 4.79 Å². The highest BCUT2D eigenvalue weighted by Gasteiger charge is 2.47. The van der Waals surface area contributed by atoms with E-state index in [4.69, 9.17) is 9.47 Å². The molecule has 2 saturated heterocycles. The minimum Gasteiger partial charge on any atom is -0.481 e. The Morgan fingerprint density at radius 1 is 1.21 bits per heavy atom. The second-order valence-corrected chi connectivity index (χ2v) is 5.29. The molecular formula is C12H20N2O5. The van der Waals surface area contributed by atoms with Gasteiger partial charge in [-0.15, -0.1) is 0 Å². The molecule has 3 N–H and O–H groups in total. The van der Waals surface area contributed by atoms with Gasteiger partial charge < -0.3 is 25.2 Å². The van der Waals surface area contributed by atoms with Crippen LogP contribution in [0.3, 0.4) is 0 Å². The molecule has 0 aliphatic carbocycles. The molecule has 2 heterocycles. The van der Waals surface area contributed by atoms with E-state index in [9.17, 15) is 14.7 Å². The van der Waals surface area contributed by atoms with Crippen LogP contribution < -0.4 is 10.6 Å². The average molecular weight is 272 g/mol. The van der Waals surface area contributed by atoms with Gasteiger partial charge >= 0.3 is 12.0 Å². The molecule has 19 heavy (non-hydrogen) atoms. The fourth-order valence-corrected chi connectivity index (χ4v) is 2.31. The molecular weight excluding hydrogens is 252 g/mol. The van der Waals surface area contributed by atoms with Crippen molar-refractivity contribution in [1.82, 2.24) is 10.6 Å². The summed E-state index contributed by atoms with van der Waals surface area (Å²) < 4.78 is 10.4. The summed E-state index contributed by atoms with van der Waals surface area (Å²) in [6, 6.07) is -0.758. The summed E-state index contributed by atoms with van der Waals surface area (Å²) in [6.07, 6.45) is 1.57. The number of hydrogen-bond donors (Lipinski definition) is 3. The lowest BCUT2D eigenvalue weighted by atomic mass is 9.85. The third kappa shape index (κ3) is 3.16. The van der Waals surface area contributed by atoms with Gasteiger partial charge in [0.1, 0.15) is 5.41 Å². The number of carboxylic acids is 1. The summed E-state index contributed by atoms with van der Waals surface area (Å²) in [5.74, 6) is -0.957. The highest BCUT2D eigenvalue weighted by atomic mass is 16.5. The summed E-state index contributed by atoms with van der Waals surface area (Å²) in [5.41, 5.74) is -1.06. The summed E-state index contributed by atoms with van der Waals surface area (Å²) >= 11 is 0. The summed E-state index contributed by atoms with van der Waals surface area (Å²) in [5, 5.41) is 14.8. The summed E-state index contributed by atoms with van der Waals surface area (Å²) in [6.45, 7) is 3.21. The highest BCUT2D eigenvalue weighted by Crippen LogP contribution is 2.28. The Labute approximate surface area is 111 Å². The fourth-order valence-electron chi connectivity index (χ4n) is 2.31. The van der Waals surface area contributed by atoms with Crippen molar-refractivity contribution in [3.05, 3.63) is 0 Å². The van der Waals surface area contributed by atoms with Gasteiger partial charge in [0.05, 0.1) is 19.3 Å². The maximum Gasteiger partial charge on any atom is 0.315 e. The molecule has 2 rings (SSSR count). The maximum atomic E-state index is 11.9. The molecule has 0 bridgehead atoms. The monoisotopic (exact) mass is 272 g/mol. The standard InChI is InChI=1S/C12H20N2O5/c1-12(10(15)16)7-19-6-9(12)14-11(17)13-8-2-4-18-5-3-8/h8-9H,2-7H2,1H3,(H,15,16)(H2,13,14,17). The topological polar surface area (TPSA) is 96.9 Å². The molecule has 0 aromatic heterocycles. The fraction of sp³-hybridized carbons (Fsp3) is 0.833. The van der Waals surface area contributed by atoms with Crippen molar-refractivity contribution in [2.24, 2.45) is 5.41 Å². The predicted octanol–water partition coefficient (Wildman–Crippen LogP) is -0.0457. The first kappa shape index (κ1) is 14.1. The van der Waals surface area contributed by atoms with E-state index >= 15 is 0 Å². The van der Waals surface area contributed by atoms with Crippen LogP contribution in [-0.2, 0) is 14.3 Å². The number of ether oxygens (including phenoxy) is 2. The quantitative estimate of drug-likeness (QED) is 0.669. The van der Waals surface area contributed by atoms with Crippen molar-refractivity contribution in [2.75, 3.05) is 26.4 Å². The zero-order chi connectivity index (χ0) is 13.9. The Balaban J connectivity index is 1.86. The predicted molar refractivity (Wildman–Crippen MR) is 65.9 cm³/mol. The van der Waals surface area contributed by atoms with Crippen molar-refractivity contribution in [2.45, 2.75) is 31.8 Å². The van der Waals surface area contributed by atoms with Crippen molar-refractivity contribution >= 4 is 12.0 Å². The number of amides is 2. The number of carbonyl (C=O) groups excluding carboxylic acids is 1. The molecule has 108 valence electrons. The lowest BCUT2D eigenvalue weighted by molar-refractivity contribution is -0.148. The van der Waals surface area contributed by atoms with Gasteiger partial charge in [0.15, 0.2) is 0 Å². The number of rotatable bonds is 3. The van der Waals surface area contributed by atoms with Crippen LogP contribution in [0, 0.1) is 5.41 Å². The molecule has 2 aliphatic heterocycles. The largest absolute Gasteiger partial charge is 0.481 e. The molecule has 2 fully saturated rings. The molecule has 0 radical (unpaired) electrons. The van der Waals surface area contributed by atoms with Gasteiger partial charge in [-0.05, 0) is 19.8 Å². The first-order chi connectivity index (χ1) is 9.02. The molecule has 0 aromatic rings. The number of carboxylic acid groups (broad SMARTS) is 1. The van der Waals surface area contributed by atoms with E-state index in [1.807, 2.05) is 0 Å². The summed E-state index contributed by atoms with van der Waals surface area (Å²) in [4.78, 5) is 23.1. The van der Waals surface area contributed by atoms with E-state index in [1.165, 1.54) is 0 Å². The highest BCUT2D eigenvalue weighted by molar-refractivity contribution is 5.79.